The van der Waals surface area contributed by atoms with E-state index in [1.54, 1.807) is 13.3 Å². The first kappa shape index (κ1) is 15.3. The number of aryl methyl sites for hydroxylation is 1. The summed E-state index contributed by atoms with van der Waals surface area (Å²) >= 11 is 5.37. The van der Waals surface area contributed by atoms with Gasteiger partial charge in [-0.05, 0) is 44.3 Å². The van der Waals surface area contributed by atoms with Crippen LogP contribution in [0.5, 0.6) is 5.75 Å². The summed E-state index contributed by atoms with van der Waals surface area (Å²) in [5, 5.41) is 11.2. The van der Waals surface area contributed by atoms with Crippen molar-refractivity contribution in [1.29, 1.82) is 0 Å². The lowest BCUT2D eigenvalue weighted by atomic mass is 10.2. The maximum absolute atomic E-state index is 5.37. The number of aromatic nitrogens is 2. The Labute approximate surface area is 130 Å². The number of rotatable bonds is 5. The lowest BCUT2D eigenvalue weighted by Crippen LogP contribution is -2.32. The molecule has 0 bridgehead atoms. The van der Waals surface area contributed by atoms with E-state index in [0.717, 1.165) is 23.7 Å². The van der Waals surface area contributed by atoms with Crippen LogP contribution in [0, 0.1) is 0 Å². The third-order valence-electron chi connectivity index (χ3n) is 3.20. The molecule has 0 fully saturated rings. The predicted molar refractivity (Wildman–Crippen MR) is 88.7 cm³/mol. The van der Waals surface area contributed by atoms with Gasteiger partial charge in [-0.2, -0.15) is 5.10 Å². The molecular weight excluding hydrogens is 284 g/mol. The standard InChI is InChI=1S/C15H20N4OS/c1-4-19-13(9-10-16-19)11(2)17-15(21)18-12-7-5-6-8-14(12)20-3/h5-11H,4H2,1-3H3,(H2,17,18,21). The molecule has 112 valence electrons. The number of para-hydroxylation sites is 2. The van der Waals surface area contributed by atoms with E-state index < -0.39 is 0 Å². The number of benzene rings is 1. The van der Waals surface area contributed by atoms with Crippen LogP contribution in [0.4, 0.5) is 5.69 Å². The molecule has 0 amide bonds. The van der Waals surface area contributed by atoms with Crippen LogP contribution in [-0.2, 0) is 6.54 Å². The normalized spacial score (nSPS) is 11.8. The van der Waals surface area contributed by atoms with Crippen LogP contribution in [0.2, 0.25) is 0 Å². The minimum atomic E-state index is 0.0714. The zero-order valence-electron chi connectivity index (χ0n) is 12.5. The Morgan fingerprint density at radius 1 is 1.38 bits per heavy atom. The summed E-state index contributed by atoms with van der Waals surface area (Å²) in [6, 6.07) is 9.73. The Bertz CT molecular complexity index is 611. The Balaban J connectivity index is 2.01. The molecular formula is C15H20N4OS. The number of hydrogen-bond donors (Lipinski definition) is 2. The average molecular weight is 304 g/mol. The fourth-order valence-electron chi connectivity index (χ4n) is 2.15. The number of anilines is 1. The van der Waals surface area contributed by atoms with E-state index in [2.05, 4.69) is 29.6 Å². The lowest BCUT2D eigenvalue weighted by Gasteiger charge is -2.18. The van der Waals surface area contributed by atoms with Crippen LogP contribution in [0.3, 0.4) is 0 Å². The van der Waals surface area contributed by atoms with Gasteiger partial charge in [0.05, 0.1) is 24.5 Å². The number of hydrogen-bond acceptors (Lipinski definition) is 3. The molecule has 0 spiro atoms. The number of nitrogens with one attached hydrogen (secondary N) is 2. The second-order valence-electron chi connectivity index (χ2n) is 4.59. The quantitative estimate of drug-likeness (QED) is 0.832. The summed E-state index contributed by atoms with van der Waals surface area (Å²) in [5.41, 5.74) is 1.94. The Hall–Kier alpha value is -2.08. The number of methoxy groups -OCH3 is 1. The largest absolute Gasteiger partial charge is 0.495 e. The van der Waals surface area contributed by atoms with Crippen molar-refractivity contribution in [1.82, 2.24) is 15.1 Å². The molecule has 1 heterocycles. The van der Waals surface area contributed by atoms with E-state index in [1.165, 1.54) is 0 Å². The molecule has 2 rings (SSSR count). The van der Waals surface area contributed by atoms with Crippen molar-refractivity contribution in [3.63, 3.8) is 0 Å². The summed E-state index contributed by atoms with van der Waals surface area (Å²) in [6.07, 6.45) is 1.80. The number of nitrogens with zero attached hydrogens (tertiary/aromatic N) is 2. The average Bonchev–Trinajstić information content (AvgIpc) is 2.96. The Kier molecular flexibility index (Phi) is 5.16. The minimum Gasteiger partial charge on any atom is -0.495 e. The van der Waals surface area contributed by atoms with Gasteiger partial charge in [0.15, 0.2) is 5.11 Å². The third kappa shape index (κ3) is 3.72. The first-order chi connectivity index (χ1) is 10.2. The van der Waals surface area contributed by atoms with Crippen LogP contribution in [0.1, 0.15) is 25.6 Å². The van der Waals surface area contributed by atoms with E-state index in [-0.39, 0.29) is 6.04 Å². The van der Waals surface area contributed by atoms with Gasteiger partial charge >= 0.3 is 0 Å². The molecule has 0 aliphatic rings. The SMILES string of the molecule is CCn1nccc1C(C)NC(=S)Nc1ccccc1OC. The van der Waals surface area contributed by atoms with E-state index >= 15 is 0 Å². The highest BCUT2D eigenvalue weighted by molar-refractivity contribution is 7.80. The summed E-state index contributed by atoms with van der Waals surface area (Å²) in [7, 11) is 1.64. The third-order valence-corrected chi connectivity index (χ3v) is 3.42. The van der Waals surface area contributed by atoms with Crippen LogP contribution < -0.4 is 15.4 Å². The molecule has 0 radical (unpaired) electrons. The van der Waals surface area contributed by atoms with Gasteiger partial charge in [-0.15, -0.1) is 0 Å². The molecule has 2 N–H and O–H groups in total. The first-order valence-corrected chi connectivity index (χ1v) is 7.28. The highest BCUT2D eigenvalue weighted by atomic mass is 32.1. The topological polar surface area (TPSA) is 51.1 Å². The molecule has 0 aliphatic heterocycles. The first-order valence-electron chi connectivity index (χ1n) is 6.88. The molecule has 5 nitrogen and oxygen atoms in total. The van der Waals surface area contributed by atoms with E-state index in [0.29, 0.717) is 5.11 Å². The van der Waals surface area contributed by atoms with Crippen LogP contribution >= 0.6 is 12.2 Å². The minimum absolute atomic E-state index is 0.0714. The zero-order valence-corrected chi connectivity index (χ0v) is 13.3. The van der Waals surface area contributed by atoms with Crippen molar-refractivity contribution in [3.05, 3.63) is 42.2 Å². The summed E-state index contributed by atoms with van der Waals surface area (Å²) in [4.78, 5) is 0. The number of thiocarbonyl (C=S) groups is 1. The van der Waals surface area contributed by atoms with Crippen molar-refractivity contribution in [2.24, 2.45) is 0 Å². The van der Waals surface area contributed by atoms with Gasteiger partial charge < -0.3 is 15.4 Å². The van der Waals surface area contributed by atoms with Gasteiger partial charge in [-0.1, -0.05) is 12.1 Å². The monoisotopic (exact) mass is 304 g/mol. The molecule has 1 unspecified atom stereocenters. The number of ether oxygens (including phenoxy) is 1. The maximum atomic E-state index is 5.37. The second kappa shape index (κ2) is 7.08. The van der Waals surface area contributed by atoms with E-state index in [9.17, 15) is 0 Å². The van der Waals surface area contributed by atoms with Crippen LogP contribution in [0.25, 0.3) is 0 Å². The van der Waals surface area contributed by atoms with Gasteiger partial charge in [0.2, 0.25) is 0 Å². The molecule has 0 aliphatic carbocycles. The van der Waals surface area contributed by atoms with Crippen LogP contribution in [0.15, 0.2) is 36.5 Å². The molecule has 1 aromatic carbocycles. The molecule has 21 heavy (non-hydrogen) atoms. The van der Waals surface area contributed by atoms with Gasteiger partial charge in [0.25, 0.3) is 0 Å². The van der Waals surface area contributed by atoms with E-state index in [1.807, 2.05) is 35.0 Å². The fourth-order valence-corrected chi connectivity index (χ4v) is 2.44. The lowest BCUT2D eigenvalue weighted by molar-refractivity contribution is 0.417. The van der Waals surface area contributed by atoms with Crippen LogP contribution in [-0.4, -0.2) is 22.0 Å². The summed E-state index contributed by atoms with van der Waals surface area (Å²) in [5.74, 6) is 0.757. The highest BCUT2D eigenvalue weighted by Gasteiger charge is 2.12. The summed E-state index contributed by atoms with van der Waals surface area (Å²) in [6.45, 7) is 4.95. The molecule has 2 aromatic rings. The molecule has 0 saturated heterocycles. The Morgan fingerprint density at radius 2 is 2.14 bits per heavy atom. The van der Waals surface area contributed by atoms with E-state index in [4.69, 9.17) is 17.0 Å². The van der Waals surface area contributed by atoms with Crippen molar-refractivity contribution in [2.45, 2.75) is 26.4 Å². The maximum Gasteiger partial charge on any atom is 0.171 e. The van der Waals surface area contributed by atoms with Crippen molar-refractivity contribution in [3.8, 4) is 5.75 Å². The van der Waals surface area contributed by atoms with Gasteiger partial charge in [0.1, 0.15) is 5.75 Å². The highest BCUT2D eigenvalue weighted by Crippen LogP contribution is 2.23. The molecule has 1 aromatic heterocycles. The molecule has 6 heteroatoms. The predicted octanol–water partition coefficient (Wildman–Crippen LogP) is 2.96. The second-order valence-corrected chi connectivity index (χ2v) is 5.00. The Morgan fingerprint density at radius 3 is 2.86 bits per heavy atom. The van der Waals surface area contributed by atoms with Gasteiger partial charge in [-0.25, -0.2) is 0 Å². The zero-order chi connectivity index (χ0) is 15.2. The molecule has 1 atom stereocenters. The van der Waals surface area contributed by atoms with Crippen molar-refractivity contribution < 1.29 is 4.74 Å². The fraction of sp³-hybridized carbons (Fsp3) is 0.333. The van der Waals surface area contributed by atoms with Gasteiger partial charge in [-0.3, -0.25) is 4.68 Å². The van der Waals surface area contributed by atoms with Gasteiger partial charge in [0, 0.05) is 12.7 Å². The molecule has 0 saturated carbocycles. The smallest absolute Gasteiger partial charge is 0.171 e. The summed E-state index contributed by atoms with van der Waals surface area (Å²) < 4.78 is 7.24. The van der Waals surface area contributed by atoms with Crippen molar-refractivity contribution >= 4 is 23.0 Å². The van der Waals surface area contributed by atoms with Crippen molar-refractivity contribution in [2.75, 3.05) is 12.4 Å².